The van der Waals surface area contributed by atoms with Gasteiger partial charge in [0.1, 0.15) is 0 Å². The van der Waals surface area contributed by atoms with Gasteiger partial charge in [-0.2, -0.15) is 31.1 Å². The quantitative estimate of drug-likeness (QED) is 0.278. The van der Waals surface area contributed by atoms with E-state index in [4.69, 9.17) is 4.74 Å². The van der Waals surface area contributed by atoms with E-state index in [0.29, 0.717) is 25.6 Å². The number of fused-ring (bicyclic) bond motifs is 2. The van der Waals surface area contributed by atoms with E-state index in [-0.39, 0.29) is 24.1 Å². The number of anilines is 2. The normalized spacial score (nSPS) is 19.4. The smallest absolute Gasteiger partial charge is 0.372 e. The van der Waals surface area contributed by atoms with Crippen LogP contribution in [0.5, 0.6) is 0 Å². The average molecular weight is 609 g/mol. The van der Waals surface area contributed by atoms with Crippen molar-refractivity contribution in [1.82, 2.24) is 20.2 Å². The highest BCUT2D eigenvalue weighted by Gasteiger charge is 2.39. The van der Waals surface area contributed by atoms with E-state index < -0.39 is 29.5 Å². The molecule has 232 valence electrons. The van der Waals surface area contributed by atoms with Gasteiger partial charge >= 0.3 is 12.4 Å². The summed E-state index contributed by atoms with van der Waals surface area (Å²) >= 11 is 0. The maximum atomic E-state index is 13.8. The number of alkyl halides is 6. The average Bonchev–Trinajstić information content (AvgIpc) is 3.69. The van der Waals surface area contributed by atoms with Gasteiger partial charge in [-0.1, -0.05) is 17.9 Å². The second-order valence-electron chi connectivity index (χ2n) is 11.9. The van der Waals surface area contributed by atoms with Gasteiger partial charge in [-0.3, -0.25) is 0 Å². The number of nitrogens with zero attached hydrogens (tertiary/aromatic N) is 6. The van der Waals surface area contributed by atoms with Gasteiger partial charge in [-0.05, 0) is 95.8 Å². The predicted octanol–water partition coefficient (Wildman–Crippen LogP) is 7.12. The first-order valence-corrected chi connectivity index (χ1v) is 14.7. The number of benzene rings is 2. The summed E-state index contributed by atoms with van der Waals surface area (Å²) in [7, 11) is 1.57. The fraction of sp³-hybridized carbons (Fsp3) is 0.567. The van der Waals surface area contributed by atoms with E-state index in [1.165, 1.54) is 30.5 Å². The predicted molar refractivity (Wildman–Crippen MR) is 147 cm³/mol. The maximum Gasteiger partial charge on any atom is 0.416 e. The van der Waals surface area contributed by atoms with E-state index in [1.54, 1.807) is 11.9 Å². The van der Waals surface area contributed by atoms with Crippen LogP contribution >= 0.6 is 0 Å². The van der Waals surface area contributed by atoms with Crippen LogP contribution in [0.4, 0.5) is 38.0 Å². The van der Waals surface area contributed by atoms with Gasteiger partial charge in [0.2, 0.25) is 0 Å². The molecule has 3 aliphatic rings. The van der Waals surface area contributed by atoms with Gasteiger partial charge in [0, 0.05) is 25.3 Å². The molecule has 0 N–H and O–H groups in total. The number of tetrazole rings is 1. The Labute approximate surface area is 245 Å². The maximum absolute atomic E-state index is 13.8. The minimum Gasteiger partial charge on any atom is -0.372 e. The molecule has 2 aromatic carbocycles. The highest BCUT2D eigenvalue weighted by molar-refractivity contribution is 5.67. The molecule has 1 saturated carbocycles. The summed E-state index contributed by atoms with van der Waals surface area (Å²) in [6.07, 6.45) is -3.72. The molecule has 1 aliphatic carbocycles. The first-order chi connectivity index (χ1) is 20.4. The van der Waals surface area contributed by atoms with Crippen molar-refractivity contribution < 1.29 is 31.1 Å². The van der Waals surface area contributed by atoms with Crippen LogP contribution in [0.25, 0.3) is 0 Å². The third kappa shape index (κ3) is 6.05. The van der Waals surface area contributed by atoms with Crippen LogP contribution in [0.2, 0.25) is 0 Å². The number of hydrogen-bond acceptors (Lipinski definition) is 6. The molecule has 0 unspecified atom stereocenters. The number of ether oxygens (including phenoxy) is 1. The van der Waals surface area contributed by atoms with Crippen LogP contribution in [0.15, 0.2) is 24.3 Å². The van der Waals surface area contributed by atoms with E-state index in [9.17, 15) is 26.3 Å². The van der Waals surface area contributed by atoms with Crippen molar-refractivity contribution in [2.45, 2.75) is 83.6 Å². The zero-order chi connectivity index (χ0) is 30.5. The minimum absolute atomic E-state index is 0.135. The highest BCUT2D eigenvalue weighted by atomic mass is 19.4. The fourth-order valence-corrected chi connectivity index (χ4v) is 6.98. The van der Waals surface area contributed by atoms with E-state index in [2.05, 4.69) is 33.3 Å². The summed E-state index contributed by atoms with van der Waals surface area (Å²) in [5, 5.41) is 12.5. The lowest BCUT2D eigenvalue weighted by Crippen LogP contribution is -2.32. The van der Waals surface area contributed by atoms with Crippen molar-refractivity contribution in [3.05, 3.63) is 63.2 Å². The van der Waals surface area contributed by atoms with Gasteiger partial charge in [0.25, 0.3) is 5.95 Å². The molecular weight excluding hydrogens is 574 g/mol. The van der Waals surface area contributed by atoms with Crippen LogP contribution in [-0.2, 0) is 43.9 Å². The number of aromatic nitrogens is 4. The zero-order valence-electron chi connectivity index (χ0n) is 24.1. The van der Waals surface area contributed by atoms with Gasteiger partial charge in [-0.25, -0.2) is 0 Å². The largest absolute Gasteiger partial charge is 0.416 e. The van der Waals surface area contributed by atoms with Gasteiger partial charge in [0.05, 0.1) is 37.4 Å². The Hall–Kier alpha value is -3.35. The molecule has 0 radical (unpaired) electrons. The lowest BCUT2D eigenvalue weighted by atomic mass is 9.91. The molecule has 1 fully saturated rings. The van der Waals surface area contributed by atoms with Gasteiger partial charge in [-0.15, -0.1) is 5.10 Å². The molecule has 1 atom stereocenters. The summed E-state index contributed by atoms with van der Waals surface area (Å²) in [6.45, 7) is 4.49. The van der Waals surface area contributed by atoms with Crippen LogP contribution < -0.4 is 9.80 Å². The Morgan fingerprint density at radius 2 is 1.63 bits per heavy atom. The summed E-state index contributed by atoms with van der Waals surface area (Å²) in [6, 6.07) is 3.41. The van der Waals surface area contributed by atoms with Crippen molar-refractivity contribution in [1.29, 1.82) is 0 Å². The van der Waals surface area contributed by atoms with Crippen molar-refractivity contribution in [2.75, 3.05) is 22.9 Å². The highest BCUT2D eigenvalue weighted by Crippen LogP contribution is 2.45. The van der Waals surface area contributed by atoms with Crippen molar-refractivity contribution >= 4 is 11.6 Å². The van der Waals surface area contributed by atoms with Gasteiger partial charge < -0.3 is 14.5 Å². The molecule has 0 saturated heterocycles. The molecular formula is C30H34F6N6O. The monoisotopic (exact) mass is 608 g/mol. The van der Waals surface area contributed by atoms with Crippen LogP contribution in [0.3, 0.4) is 0 Å². The third-order valence-electron chi connectivity index (χ3n) is 8.97. The molecule has 3 heterocycles. The summed E-state index contributed by atoms with van der Waals surface area (Å²) in [4.78, 5) is 5.39. The number of rotatable bonds is 6. The first kappa shape index (κ1) is 29.7. The number of aryl methyl sites for hydroxylation is 1. The third-order valence-corrected chi connectivity index (χ3v) is 8.97. The number of halogens is 6. The molecule has 6 rings (SSSR count). The van der Waals surface area contributed by atoms with E-state index in [0.717, 1.165) is 59.6 Å². The van der Waals surface area contributed by atoms with Crippen LogP contribution in [0.1, 0.15) is 83.5 Å². The molecule has 2 aliphatic heterocycles. The zero-order valence-corrected chi connectivity index (χ0v) is 24.1. The summed E-state index contributed by atoms with van der Waals surface area (Å²) in [5.74, 6) is 0.722. The summed E-state index contributed by atoms with van der Waals surface area (Å²) < 4.78 is 88.3. The SMILES string of the molecule is Cc1c2c(cc3c1N(CC1CCCC1)CCC[C@@H]3N(Cc1cc(C(F)(F)F)cc(C(F)(F)F)c1)c1nnn(C)n1)COC2. The first-order valence-electron chi connectivity index (χ1n) is 14.7. The molecule has 1 aromatic heterocycles. The topological polar surface area (TPSA) is 59.3 Å². The van der Waals surface area contributed by atoms with Crippen molar-refractivity contribution in [3.8, 4) is 0 Å². The lowest BCUT2D eigenvalue weighted by Gasteiger charge is -2.34. The lowest BCUT2D eigenvalue weighted by molar-refractivity contribution is -0.143. The standard InChI is InChI=1S/C30H34F6N6O/c1-18-25-17-43-16-21(25)12-24-26(8-5-9-41(27(18)24)14-19-6-3-4-7-19)42(28-37-39-40(2)38-28)15-20-10-22(29(31,32)33)13-23(11-20)30(34,35)36/h10-13,19,26H,3-9,14-17H2,1-2H3/t26-/m0/s1. The summed E-state index contributed by atoms with van der Waals surface area (Å²) in [5.41, 5.74) is 2.52. The Kier molecular flexibility index (Phi) is 7.80. The molecule has 7 nitrogen and oxygen atoms in total. The Bertz CT molecular complexity index is 1450. The molecule has 0 spiro atoms. The molecule has 0 bridgehead atoms. The molecule has 3 aromatic rings. The molecule has 0 amide bonds. The van der Waals surface area contributed by atoms with Crippen LogP contribution in [0, 0.1) is 12.8 Å². The van der Waals surface area contributed by atoms with Gasteiger partial charge in [0.15, 0.2) is 0 Å². The second-order valence-corrected chi connectivity index (χ2v) is 11.9. The molecule has 43 heavy (non-hydrogen) atoms. The van der Waals surface area contributed by atoms with E-state index >= 15 is 0 Å². The fourth-order valence-electron chi connectivity index (χ4n) is 6.98. The Balaban J connectivity index is 1.47. The minimum atomic E-state index is -4.95. The van der Waals surface area contributed by atoms with Crippen molar-refractivity contribution in [2.24, 2.45) is 13.0 Å². The Morgan fingerprint density at radius 1 is 0.930 bits per heavy atom. The Morgan fingerprint density at radius 3 is 2.26 bits per heavy atom. The van der Waals surface area contributed by atoms with Crippen LogP contribution in [-0.4, -0.2) is 33.3 Å². The van der Waals surface area contributed by atoms with Crippen molar-refractivity contribution in [3.63, 3.8) is 0 Å². The molecule has 13 heteroatoms. The second kappa shape index (κ2) is 11.3. The van der Waals surface area contributed by atoms with E-state index in [1.807, 2.05) is 0 Å². The number of hydrogen-bond donors (Lipinski definition) is 0.